The molecule has 0 saturated carbocycles. The zero-order valence-electron chi connectivity index (χ0n) is 12.1. The van der Waals surface area contributed by atoms with Crippen molar-refractivity contribution in [1.29, 1.82) is 0 Å². The molecule has 0 fully saturated rings. The highest BCUT2D eigenvalue weighted by Crippen LogP contribution is 2.24. The van der Waals surface area contributed by atoms with Gasteiger partial charge >= 0.3 is 0 Å². The number of rotatable bonds is 5. The van der Waals surface area contributed by atoms with Crippen molar-refractivity contribution in [2.24, 2.45) is 0 Å². The Hall–Kier alpha value is -1.99. The molecule has 112 valence electrons. The van der Waals surface area contributed by atoms with Gasteiger partial charge in [-0.2, -0.15) is 0 Å². The van der Waals surface area contributed by atoms with Gasteiger partial charge in [0.2, 0.25) is 10.0 Å². The Morgan fingerprint density at radius 2 is 1.95 bits per heavy atom. The molecule has 0 radical (unpaired) electrons. The molecule has 1 heterocycles. The van der Waals surface area contributed by atoms with Crippen LogP contribution in [0.2, 0.25) is 0 Å². The Labute approximate surface area is 124 Å². The minimum Gasteiger partial charge on any atom is -0.495 e. The summed E-state index contributed by atoms with van der Waals surface area (Å²) in [6.45, 7) is 3.75. The summed E-state index contributed by atoms with van der Waals surface area (Å²) in [4.78, 5) is 8.12. The van der Waals surface area contributed by atoms with Crippen molar-refractivity contribution in [2.45, 2.75) is 25.3 Å². The van der Waals surface area contributed by atoms with Crippen LogP contribution in [0.4, 0.5) is 0 Å². The lowest BCUT2D eigenvalue weighted by atomic mass is 10.2. The van der Waals surface area contributed by atoms with Crippen LogP contribution in [0.15, 0.2) is 35.5 Å². The summed E-state index contributed by atoms with van der Waals surface area (Å²) in [6, 6.07) is 6.74. The van der Waals surface area contributed by atoms with Crippen molar-refractivity contribution in [3.63, 3.8) is 0 Å². The number of ether oxygens (including phenoxy) is 1. The van der Waals surface area contributed by atoms with Crippen LogP contribution in [0.5, 0.6) is 5.75 Å². The standard InChI is InChI=1S/C14H17N3O3S/c1-10-4-5-13(20-3)14(6-10)21(18,19)17-8-12-7-11(2)15-9-16-12/h4-7,9,17H,8H2,1-3H3. The lowest BCUT2D eigenvalue weighted by Gasteiger charge is -2.11. The molecule has 21 heavy (non-hydrogen) atoms. The van der Waals surface area contributed by atoms with Gasteiger partial charge in [0.05, 0.1) is 19.3 Å². The van der Waals surface area contributed by atoms with Gasteiger partial charge in [-0.1, -0.05) is 6.07 Å². The molecule has 0 aliphatic carbocycles. The summed E-state index contributed by atoms with van der Waals surface area (Å²) in [5.74, 6) is 0.312. The maximum Gasteiger partial charge on any atom is 0.244 e. The van der Waals surface area contributed by atoms with Gasteiger partial charge in [0.15, 0.2) is 0 Å². The van der Waals surface area contributed by atoms with Crippen LogP contribution in [-0.2, 0) is 16.6 Å². The molecule has 7 heteroatoms. The number of nitrogens with one attached hydrogen (secondary N) is 1. The number of hydrogen-bond donors (Lipinski definition) is 1. The average Bonchev–Trinajstić information content (AvgIpc) is 2.45. The largest absolute Gasteiger partial charge is 0.495 e. The fraction of sp³-hybridized carbons (Fsp3) is 0.286. The van der Waals surface area contributed by atoms with Crippen molar-refractivity contribution in [3.05, 3.63) is 47.5 Å². The third-order valence-electron chi connectivity index (χ3n) is 2.91. The van der Waals surface area contributed by atoms with E-state index < -0.39 is 10.0 Å². The highest BCUT2D eigenvalue weighted by Gasteiger charge is 2.19. The fourth-order valence-corrected chi connectivity index (χ4v) is 3.10. The highest BCUT2D eigenvalue weighted by molar-refractivity contribution is 7.89. The van der Waals surface area contributed by atoms with Crippen molar-refractivity contribution in [2.75, 3.05) is 7.11 Å². The summed E-state index contributed by atoms with van der Waals surface area (Å²) in [7, 11) is -2.23. The molecule has 0 unspecified atom stereocenters. The number of hydrogen-bond acceptors (Lipinski definition) is 5. The van der Waals surface area contributed by atoms with Gasteiger partial charge in [-0.15, -0.1) is 0 Å². The van der Waals surface area contributed by atoms with E-state index in [1.165, 1.54) is 13.4 Å². The van der Waals surface area contributed by atoms with Gasteiger partial charge in [0.1, 0.15) is 17.0 Å². The first-order valence-corrected chi connectivity index (χ1v) is 7.82. The highest BCUT2D eigenvalue weighted by atomic mass is 32.2. The van der Waals surface area contributed by atoms with E-state index in [9.17, 15) is 8.42 Å². The van der Waals surface area contributed by atoms with Crippen LogP contribution < -0.4 is 9.46 Å². The number of aryl methyl sites for hydroxylation is 2. The first-order chi connectivity index (χ1) is 9.92. The quantitative estimate of drug-likeness (QED) is 0.907. The Balaban J connectivity index is 2.24. The second-order valence-electron chi connectivity index (χ2n) is 4.63. The van der Waals surface area contributed by atoms with Gasteiger partial charge in [-0.25, -0.2) is 23.1 Å². The predicted molar refractivity (Wildman–Crippen MR) is 78.5 cm³/mol. The molecule has 0 bridgehead atoms. The molecule has 1 aromatic carbocycles. The first-order valence-electron chi connectivity index (χ1n) is 6.34. The number of aromatic nitrogens is 2. The second kappa shape index (κ2) is 6.19. The van der Waals surface area contributed by atoms with E-state index in [2.05, 4.69) is 14.7 Å². The van der Waals surface area contributed by atoms with E-state index in [-0.39, 0.29) is 11.4 Å². The van der Waals surface area contributed by atoms with Crippen LogP contribution in [0.1, 0.15) is 17.0 Å². The summed E-state index contributed by atoms with van der Waals surface area (Å²) >= 11 is 0. The molecule has 1 N–H and O–H groups in total. The first kappa shape index (κ1) is 15.4. The Morgan fingerprint density at radius 3 is 2.62 bits per heavy atom. The molecule has 0 aliphatic rings. The third kappa shape index (κ3) is 3.77. The van der Waals surface area contributed by atoms with Gasteiger partial charge in [-0.3, -0.25) is 0 Å². The summed E-state index contributed by atoms with van der Waals surface area (Å²) in [5.41, 5.74) is 2.24. The van der Waals surface area contributed by atoms with E-state index in [0.717, 1.165) is 11.3 Å². The molecule has 0 saturated heterocycles. The third-order valence-corrected chi connectivity index (χ3v) is 4.33. The number of sulfonamides is 1. The monoisotopic (exact) mass is 307 g/mol. The number of nitrogens with zero attached hydrogens (tertiary/aromatic N) is 2. The minimum absolute atomic E-state index is 0.1000. The van der Waals surface area contributed by atoms with Crippen molar-refractivity contribution in [1.82, 2.24) is 14.7 Å². The Morgan fingerprint density at radius 1 is 1.19 bits per heavy atom. The zero-order chi connectivity index (χ0) is 15.5. The van der Waals surface area contributed by atoms with Crippen LogP contribution >= 0.6 is 0 Å². The van der Waals surface area contributed by atoms with E-state index in [1.807, 2.05) is 13.8 Å². The minimum atomic E-state index is -3.67. The molecule has 2 aromatic rings. The normalized spacial score (nSPS) is 11.4. The summed E-state index contributed by atoms with van der Waals surface area (Å²) in [6.07, 6.45) is 1.41. The second-order valence-corrected chi connectivity index (χ2v) is 6.36. The predicted octanol–water partition coefficient (Wildman–Crippen LogP) is 1.58. The fourth-order valence-electron chi connectivity index (χ4n) is 1.85. The van der Waals surface area contributed by atoms with Crippen molar-refractivity contribution >= 4 is 10.0 Å². The SMILES string of the molecule is COc1ccc(C)cc1S(=O)(=O)NCc1cc(C)ncn1. The molecular formula is C14H17N3O3S. The topological polar surface area (TPSA) is 81.2 Å². The van der Waals surface area contributed by atoms with E-state index in [0.29, 0.717) is 11.4 Å². The molecule has 1 aromatic heterocycles. The lowest BCUT2D eigenvalue weighted by molar-refractivity contribution is 0.402. The van der Waals surface area contributed by atoms with Crippen LogP contribution in [-0.4, -0.2) is 25.5 Å². The van der Waals surface area contributed by atoms with Gasteiger partial charge < -0.3 is 4.74 Å². The van der Waals surface area contributed by atoms with Crippen molar-refractivity contribution < 1.29 is 13.2 Å². The molecular weight excluding hydrogens is 290 g/mol. The van der Waals surface area contributed by atoms with E-state index in [4.69, 9.17) is 4.74 Å². The molecule has 0 amide bonds. The molecule has 0 spiro atoms. The molecule has 2 rings (SSSR count). The number of benzene rings is 1. The van der Waals surface area contributed by atoms with E-state index >= 15 is 0 Å². The smallest absolute Gasteiger partial charge is 0.244 e. The Kier molecular flexibility index (Phi) is 4.54. The van der Waals surface area contributed by atoms with Gasteiger partial charge in [0, 0.05) is 5.69 Å². The van der Waals surface area contributed by atoms with Crippen LogP contribution in [0, 0.1) is 13.8 Å². The molecule has 0 atom stereocenters. The van der Waals surface area contributed by atoms with Crippen LogP contribution in [0.25, 0.3) is 0 Å². The molecule has 0 aliphatic heterocycles. The zero-order valence-corrected chi connectivity index (χ0v) is 12.9. The maximum atomic E-state index is 12.4. The maximum absolute atomic E-state index is 12.4. The van der Waals surface area contributed by atoms with Crippen molar-refractivity contribution in [3.8, 4) is 5.75 Å². The van der Waals surface area contributed by atoms with Gasteiger partial charge in [-0.05, 0) is 37.6 Å². The van der Waals surface area contributed by atoms with Gasteiger partial charge in [0.25, 0.3) is 0 Å². The number of methoxy groups -OCH3 is 1. The summed E-state index contributed by atoms with van der Waals surface area (Å²) in [5, 5.41) is 0. The summed E-state index contributed by atoms with van der Waals surface area (Å²) < 4.78 is 32.4. The molecule has 6 nitrogen and oxygen atoms in total. The van der Waals surface area contributed by atoms with E-state index in [1.54, 1.807) is 24.3 Å². The Bertz CT molecular complexity index is 745. The van der Waals surface area contributed by atoms with Crippen LogP contribution in [0.3, 0.4) is 0 Å². The average molecular weight is 307 g/mol. The lowest BCUT2D eigenvalue weighted by Crippen LogP contribution is -2.24.